The van der Waals surface area contributed by atoms with E-state index in [1.54, 1.807) is 0 Å². The smallest absolute Gasteiger partial charge is 0.149 e. The molecule has 2 rings (SSSR count). The second-order valence-electron chi connectivity index (χ2n) is 3.25. The van der Waals surface area contributed by atoms with Crippen LogP contribution in [-0.4, -0.2) is 17.2 Å². The van der Waals surface area contributed by atoms with E-state index in [9.17, 15) is 0 Å². The molecule has 3 heteroatoms. The Hall–Kier alpha value is -1.64. The maximum absolute atomic E-state index is 4.04. The molecule has 3 nitrogen and oxygen atoms in total. The summed E-state index contributed by atoms with van der Waals surface area (Å²) in [6.45, 7) is 4.25. The van der Waals surface area contributed by atoms with E-state index >= 15 is 0 Å². The van der Waals surface area contributed by atoms with Gasteiger partial charge in [0.2, 0.25) is 0 Å². The van der Waals surface area contributed by atoms with Gasteiger partial charge in [-0.3, -0.25) is 0 Å². The van der Waals surface area contributed by atoms with Crippen LogP contribution in [0.4, 0.5) is 5.82 Å². The molecule has 0 radical (unpaired) electrons. The predicted molar refractivity (Wildman–Crippen MR) is 65.0 cm³/mol. The van der Waals surface area contributed by atoms with Crippen LogP contribution in [0.1, 0.15) is 20.3 Å². The number of anilines is 1. The molecule has 0 spiro atoms. The molecule has 80 valence electrons. The highest BCUT2D eigenvalue weighted by atomic mass is 15.2. The van der Waals surface area contributed by atoms with Crippen LogP contribution < -0.4 is 5.32 Å². The molecule has 0 unspecified atom stereocenters. The molecule has 1 aromatic heterocycles. The monoisotopic (exact) mass is 203 g/mol. The molecule has 0 saturated heterocycles. The second kappa shape index (κ2) is 5.96. The third kappa shape index (κ3) is 3.20. The van der Waals surface area contributed by atoms with E-state index in [-0.39, 0.29) is 0 Å². The Bertz CT molecular complexity index is 412. The van der Waals surface area contributed by atoms with Crippen molar-refractivity contribution in [3.8, 4) is 0 Å². The third-order valence-electron chi connectivity index (χ3n) is 1.75. The quantitative estimate of drug-likeness (QED) is 0.774. The lowest BCUT2D eigenvalue weighted by Crippen LogP contribution is -1.93. The molecule has 15 heavy (non-hydrogen) atoms. The van der Waals surface area contributed by atoms with Crippen molar-refractivity contribution in [3.63, 3.8) is 0 Å². The molecule has 0 atom stereocenters. The minimum Gasteiger partial charge on any atom is -0.372 e. The van der Waals surface area contributed by atoms with E-state index in [0.717, 1.165) is 16.7 Å². The number of aromatic nitrogens is 2. The average Bonchev–Trinajstić information content (AvgIpc) is 2.29. The van der Waals surface area contributed by atoms with Crippen LogP contribution in [0.25, 0.3) is 10.9 Å². The second-order valence-corrected chi connectivity index (χ2v) is 3.25. The Labute approximate surface area is 90.5 Å². The van der Waals surface area contributed by atoms with Gasteiger partial charge < -0.3 is 5.32 Å². The maximum Gasteiger partial charge on any atom is 0.149 e. The Morgan fingerprint density at radius 2 is 1.80 bits per heavy atom. The van der Waals surface area contributed by atoms with Crippen LogP contribution >= 0.6 is 0 Å². The van der Waals surface area contributed by atoms with E-state index in [1.165, 1.54) is 6.42 Å². The molecular weight excluding hydrogens is 186 g/mol. The number of fused-ring (bicyclic) bond motifs is 1. The summed E-state index contributed by atoms with van der Waals surface area (Å²) in [5, 5.41) is 12.1. The van der Waals surface area contributed by atoms with Gasteiger partial charge in [-0.1, -0.05) is 38.5 Å². The maximum atomic E-state index is 4.04. The summed E-state index contributed by atoms with van der Waals surface area (Å²) in [5.41, 5.74) is 0.927. The molecule has 0 fully saturated rings. The summed E-state index contributed by atoms with van der Waals surface area (Å²) in [4.78, 5) is 0. The van der Waals surface area contributed by atoms with Crippen molar-refractivity contribution in [2.24, 2.45) is 0 Å². The van der Waals surface area contributed by atoms with E-state index in [4.69, 9.17) is 0 Å². The van der Waals surface area contributed by atoms with Gasteiger partial charge in [-0.25, -0.2) is 0 Å². The summed E-state index contributed by atoms with van der Waals surface area (Å²) in [6.07, 6.45) is 1.25. The van der Waals surface area contributed by atoms with Crippen LogP contribution in [0, 0.1) is 0 Å². The highest BCUT2D eigenvalue weighted by Crippen LogP contribution is 2.12. The fourth-order valence-electron chi connectivity index (χ4n) is 1.11. The number of hydrogen-bond donors (Lipinski definition) is 1. The summed E-state index contributed by atoms with van der Waals surface area (Å²) < 4.78 is 0. The Kier molecular flexibility index (Phi) is 4.54. The molecule has 1 heterocycles. The molecule has 2 aromatic rings. The van der Waals surface area contributed by atoms with Gasteiger partial charge in [0.05, 0.1) is 5.52 Å². The van der Waals surface area contributed by atoms with Crippen LogP contribution in [0.3, 0.4) is 0 Å². The van der Waals surface area contributed by atoms with Gasteiger partial charge in [-0.15, -0.1) is 10.2 Å². The van der Waals surface area contributed by atoms with Crippen molar-refractivity contribution in [2.75, 3.05) is 12.4 Å². The van der Waals surface area contributed by atoms with Crippen LogP contribution in [0.15, 0.2) is 30.3 Å². The summed E-state index contributed by atoms with van der Waals surface area (Å²) >= 11 is 0. The fraction of sp³-hybridized carbons (Fsp3) is 0.333. The van der Waals surface area contributed by atoms with E-state index in [0.29, 0.717) is 0 Å². The Balaban J connectivity index is 0.000000337. The first kappa shape index (κ1) is 11.4. The molecule has 0 bridgehead atoms. The van der Waals surface area contributed by atoms with Crippen molar-refractivity contribution in [2.45, 2.75) is 20.3 Å². The van der Waals surface area contributed by atoms with Crippen LogP contribution in [-0.2, 0) is 0 Å². The summed E-state index contributed by atoms with van der Waals surface area (Å²) in [5.74, 6) is 0.800. The third-order valence-corrected chi connectivity index (χ3v) is 1.75. The summed E-state index contributed by atoms with van der Waals surface area (Å²) in [6, 6.07) is 9.88. The molecule has 1 N–H and O–H groups in total. The van der Waals surface area contributed by atoms with E-state index in [1.807, 2.05) is 37.4 Å². The van der Waals surface area contributed by atoms with Crippen molar-refractivity contribution in [1.29, 1.82) is 0 Å². The van der Waals surface area contributed by atoms with Gasteiger partial charge in [-0.05, 0) is 12.1 Å². The lowest BCUT2D eigenvalue weighted by molar-refractivity contribution is 1.07. The highest BCUT2D eigenvalue weighted by Gasteiger charge is 1.94. The zero-order valence-corrected chi connectivity index (χ0v) is 9.49. The van der Waals surface area contributed by atoms with E-state index < -0.39 is 0 Å². The first-order chi connectivity index (χ1) is 7.31. The van der Waals surface area contributed by atoms with Gasteiger partial charge in [-0.2, -0.15) is 0 Å². The zero-order valence-electron chi connectivity index (χ0n) is 9.49. The molecule has 0 saturated carbocycles. The minimum absolute atomic E-state index is 0.800. The Morgan fingerprint density at radius 1 is 1.13 bits per heavy atom. The SMILES string of the molecule is CCC.CNc1cc2ccccc2nn1. The lowest BCUT2D eigenvalue weighted by Gasteiger charge is -1.98. The number of rotatable bonds is 1. The molecular formula is C12H17N3. The van der Waals surface area contributed by atoms with Crippen LogP contribution in [0.5, 0.6) is 0 Å². The zero-order chi connectivity index (χ0) is 11.1. The largest absolute Gasteiger partial charge is 0.372 e. The van der Waals surface area contributed by atoms with Crippen molar-refractivity contribution in [1.82, 2.24) is 10.2 Å². The number of nitrogens with zero attached hydrogens (tertiary/aromatic N) is 2. The number of benzene rings is 1. The number of hydrogen-bond acceptors (Lipinski definition) is 3. The molecule has 0 amide bonds. The Morgan fingerprint density at radius 3 is 2.47 bits per heavy atom. The van der Waals surface area contributed by atoms with Crippen LogP contribution in [0.2, 0.25) is 0 Å². The van der Waals surface area contributed by atoms with Gasteiger partial charge in [0, 0.05) is 12.4 Å². The fourth-order valence-corrected chi connectivity index (χ4v) is 1.11. The first-order valence-electron chi connectivity index (χ1n) is 5.22. The molecule has 1 aromatic carbocycles. The van der Waals surface area contributed by atoms with E-state index in [2.05, 4.69) is 29.4 Å². The van der Waals surface area contributed by atoms with Crippen molar-refractivity contribution < 1.29 is 0 Å². The molecule has 0 aliphatic heterocycles. The van der Waals surface area contributed by atoms with Gasteiger partial charge >= 0.3 is 0 Å². The lowest BCUT2D eigenvalue weighted by atomic mass is 10.2. The topological polar surface area (TPSA) is 37.8 Å². The predicted octanol–water partition coefficient (Wildman–Crippen LogP) is 3.09. The standard InChI is InChI=1S/C9H9N3.C3H8/c1-10-9-6-7-4-2-3-5-8(7)11-12-9;1-3-2/h2-6H,1H3,(H,10,12);3H2,1-2H3. The van der Waals surface area contributed by atoms with Gasteiger partial charge in [0.1, 0.15) is 5.82 Å². The van der Waals surface area contributed by atoms with Gasteiger partial charge in [0.15, 0.2) is 0 Å². The summed E-state index contributed by atoms with van der Waals surface area (Å²) in [7, 11) is 1.83. The van der Waals surface area contributed by atoms with Crippen molar-refractivity contribution in [3.05, 3.63) is 30.3 Å². The number of nitrogens with one attached hydrogen (secondary N) is 1. The molecule has 0 aliphatic rings. The van der Waals surface area contributed by atoms with Gasteiger partial charge in [0.25, 0.3) is 0 Å². The average molecular weight is 203 g/mol. The van der Waals surface area contributed by atoms with Crippen molar-refractivity contribution >= 4 is 16.7 Å². The highest BCUT2D eigenvalue weighted by molar-refractivity contribution is 5.79. The normalized spacial score (nSPS) is 9.27. The molecule has 0 aliphatic carbocycles. The minimum atomic E-state index is 0.800. The first-order valence-corrected chi connectivity index (χ1v) is 5.22.